The van der Waals surface area contributed by atoms with Crippen LogP contribution in [0.25, 0.3) is 178 Å². The fraction of sp³-hybridized carbons (Fsp3) is 0.147. The molecular formula is C109H90BN5. The number of aromatic nitrogens is 5. The first kappa shape index (κ1) is 71.0. The average molecular weight is 1480 g/mol. The van der Waals surface area contributed by atoms with Crippen LogP contribution in [-0.2, 0) is 21.7 Å². The zero-order valence-electron chi connectivity index (χ0n) is 67.5. The van der Waals surface area contributed by atoms with Crippen molar-refractivity contribution in [2.75, 3.05) is 0 Å². The first-order valence-electron chi connectivity index (χ1n) is 40.6. The van der Waals surface area contributed by atoms with Crippen LogP contribution in [0.15, 0.2) is 328 Å². The fourth-order valence-electron chi connectivity index (χ4n) is 18.1. The maximum atomic E-state index is 5.95. The first-order valence-corrected chi connectivity index (χ1v) is 40.6. The molecule has 0 N–H and O–H groups in total. The Labute approximate surface area is 675 Å². The van der Waals surface area contributed by atoms with Gasteiger partial charge in [0.25, 0.3) is 6.71 Å². The Morgan fingerprint density at radius 1 is 0.226 bits per heavy atom. The smallest absolute Gasteiger partial charge is 0.252 e. The molecule has 2 aliphatic rings. The Morgan fingerprint density at radius 3 is 0.783 bits per heavy atom. The van der Waals surface area contributed by atoms with Crippen LogP contribution in [0.5, 0.6) is 0 Å². The molecule has 554 valence electrons. The highest BCUT2D eigenvalue weighted by Gasteiger charge is 2.43. The SMILES string of the molecule is CC(C)(C)c1cc(-c2ccc3c4c2c2cc(-c5ccccc5)ccc2n4-c2cc(-c4nc(-c5cc(-c6ccccc6)cc(-c6ccccc6)c5)nc(-c5cc(-c6ccccc6)cc(-c6ccccc6)c5)n4)cc4c2B3c2ccc(-c3cc(C(C)(C)C)cc(C(C)(C)C)c3)c3c5cc(-c6ccccc6)ccc5n-4c23)cc(C(C)(C)C)c1. The molecule has 0 spiro atoms. The fourth-order valence-corrected chi connectivity index (χ4v) is 18.1. The zero-order valence-corrected chi connectivity index (χ0v) is 67.5. The Hall–Kier alpha value is -13.0. The number of benzene rings is 15. The summed E-state index contributed by atoms with van der Waals surface area (Å²) in [5.41, 5.74) is 36.2. The van der Waals surface area contributed by atoms with Gasteiger partial charge < -0.3 is 9.13 Å². The van der Waals surface area contributed by atoms with Crippen molar-refractivity contribution < 1.29 is 0 Å². The van der Waals surface area contributed by atoms with Crippen LogP contribution in [0.4, 0.5) is 0 Å². The van der Waals surface area contributed by atoms with Gasteiger partial charge in [-0.3, -0.25) is 0 Å². The molecule has 0 bridgehead atoms. The van der Waals surface area contributed by atoms with Crippen LogP contribution in [0, 0.1) is 0 Å². The van der Waals surface area contributed by atoms with E-state index in [1.807, 2.05) is 0 Å². The minimum atomic E-state index is -0.223. The van der Waals surface area contributed by atoms with Crippen molar-refractivity contribution in [3.05, 3.63) is 350 Å². The molecule has 18 aromatic rings. The minimum Gasteiger partial charge on any atom is -0.310 e. The second-order valence-electron chi connectivity index (χ2n) is 36.0. The van der Waals surface area contributed by atoms with Crippen molar-refractivity contribution in [1.82, 2.24) is 24.1 Å². The molecule has 5 heterocycles. The number of rotatable bonds is 11. The molecule has 0 atom stereocenters. The van der Waals surface area contributed by atoms with E-state index in [-0.39, 0.29) is 28.4 Å². The maximum absolute atomic E-state index is 5.95. The van der Waals surface area contributed by atoms with E-state index in [9.17, 15) is 0 Å². The summed E-state index contributed by atoms with van der Waals surface area (Å²) >= 11 is 0. The van der Waals surface area contributed by atoms with Crippen LogP contribution in [0.1, 0.15) is 105 Å². The van der Waals surface area contributed by atoms with E-state index in [0.29, 0.717) is 17.5 Å². The molecule has 0 fully saturated rings. The lowest BCUT2D eigenvalue weighted by atomic mass is 9.34. The van der Waals surface area contributed by atoms with Gasteiger partial charge in [0.05, 0.1) is 11.0 Å². The van der Waals surface area contributed by atoms with Gasteiger partial charge in [-0.2, -0.15) is 0 Å². The van der Waals surface area contributed by atoms with Crippen LogP contribution in [0.3, 0.4) is 0 Å². The van der Waals surface area contributed by atoms with Crippen molar-refractivity contribution >= 4 is 66.7 Å². The molecule has 20 rings (SSSR count). The maximum Gasteiger partial charge on any atom is 0.252 e. The van der Waals surface area contributed by atoms with Crippen molar-refractivity contribution in [1.29, 1.82) is 0 Å². The molecule has 2 aliphatic heterocycles. The highest BCUT2D eigenvalue weighted by Crippen LogP contribution is 2.49. The van der Waals surface area contributed by atoms with Crippen LogP contribution in [-0.4, -0.2) is 30.8 Å². The lowest BCUT2D eigenvalue weighted by molar-refractivity contribution is 0.568. The molecule has 0 aliphatic carbocycles. The van der Waals surface area contributed by atoms with Gasteiger partial charge in [0.15, 0.2) is 17.5 Å². The summed E-state index contributed by atoms with van der Waals surface area (Å²) in [6, 6.07) is 123. The van der Waals surface area contributed by atoms with Gasteiger partial charge in [0.1, 0.15) is 0 Å². The third kappa shape index (κ3) is 12.4. The lowest BCUT2D eigenvalue weighted by Crippen LogP contribution is -2.59. The molecule has 5 nitrogen and oxygen atoms in total. The monoisotopic (exact) mass is 1480 g/mol. The molecule has 0 unspecified atom stereocenters. The standard InChI is InChI=1S/C109H90BN5/c1-106(2,3)84-57-79(58-85(65-84)107(4,5)6)88-45-47-92-101-98(88)90-61-73(67-31-19-13-20-32-67)43-49-94(90)114(101)96-63-83(64-97-100(96)110(92)93-48-46-89(80-59-86(108(7,8)9)66-87(60-80)109(10,11)12)99-91-62-74(68-33-21-14-22-34-68)44-50-95(91)115(97)102(93)99)105-112-103(81-53-75(69-35-23-15-24-36-69)51-76(54-81)70-37-25-16-26-38-70)111-104(113-105)82-55-77(71-39-27-17-28-40-71)52-78(56-82)72-41-29-18-30-42-72/h13-66H,1-12H3. The number of hydrogen-bond donors (Lipinski definition) is 0. The minimum absolute atomic E-state index is 0.123. The van der Waals surface area contributed by atoms with Gasteiger partial charge in [0.2, 0.25) is 0 Å². The van der Waals surface area contributed by atoms with E-state index in [2.05, 4.69) is 420 Å². The van der Waals surface area contributed by atoms with Crippen LogP contribution >= 0.6 is 0 Å². The highest BCUT2D eigenvalue weighted by molar-refractivity contribution is 7.00. The van der Waals surface area contributed by atoms with Crippen LogP contribution in [0.2, 0.25) is 0 Å². The molecule has 115 heavy (non-hydrogen) atoms. The summed E-state index contributed by atoms with van der Waals surface area (Å²) < 4.78 is 5.29. The summed E-state index contributed by atoms with van der Waals surface area (Å²) in [6.07, 6.45) is 0. The van der Waals surface area contributed by atoms with E-state index < -0.39 is 0 Å². The van der Waals surface area contributed by atoms with Gasteiger partial charge in [-0.1, -0.05) is 338 Å². The van der Waals surface area contributed by atoms with Gasteiger partial charge in [0, 0.05) is 60.6 Å². The third-order valence-corrected chi connectivity index (χ3v) is 24.3. The van der Waals surface area contributed by atoms with Crippen molar-refractivity contribution in [3.63, 3.8) is 0 Å². The summed E-state index contributed by atoms with van der Waals surface area (Å²) in [5, 5.41) is 4.86. The Morgan fingerprint density at radius 2 is 0.496 bits per heavy atom. The molecule has 0 radical (unpaired) electrons. The Kier molecular flexibility index (Phi) is 16.6. The second kappa shape index (κ2) is 26.8. The quantitative estimate of drug-likeness (QED) is 0.121. The third-order valence-electron chi connectivity index (χ3n) is 24.3. The zero-order chi connectivity index (χ0) is 78.6. The Balaban J connectivity index is 0.949. The predicted octanol–water partition coefficient (Wildman–Crippen LogP) is 26.7. The van der Waals surface area contributed by atoms with E-state index in [1.165, 1.54) is 116 Å². The summed E-state index contributed by atoms with van der Waals surface area (Å²) in [6.45, 7) is 28.0. The molecule has 0 amide bonds. The number of hydrogen-bond acceptors (Lipinski definition) is 3. The van der Waals surface area contributed by atoms with E-state index in [4.69, 9.17) is 15.0 Å². The molecule has 15 aromatic carbocycles. The molecular weight excluding hydrogens is 1390 g/mol. The van der Waals surface area contributed by atoms with Crippen LogP contribution < -0.4 is 16.4 Å². The molecule has 0 saturated heterocycles. The summed E-state index contributed by atoms with van der Waals surface area (Å²) in [7, 11) is 0. The average Bonchev–Trinajstić information content (AvgIpc) is 1.53. The van der Waals surface area contributed by atoms with Crippen molar-refractivity contribution in [2.24, 2.45) is 0 Å². The van der Waals surface area contributed by atoms with Gasteiger partial charge >= 0.3 is 0 Å². The molecule has 3 aromatic heterocycles. The van der Waals surface area contributed by atoms with Crippen molar-refractivity contribution in [2.45, 2.75) is 105 Å². The van der Waals surface area contributed by atoms with Gasteiger partial charge in [-0.05, 0) is 222 Å². The molecule has 0 saturated carbocycles. The first-order chi connectivity index (χ1) is 55.5. The second-order valence-corrected chi connectivity index (χ2v) is 36.0. The van der Waals surface area contributed by atoms with Gasteiger partial charge in [-0.15, -0.1) is 0 Å². The summed E-state index contributed by atoms with van der Waals surface area (Å²) in [5.74, 6) is 1.70. The number of nitrogens with zero attached hydrogens (tertiary/aromatic N) is 5. The summed E-state index contributed by atoms with van der Waals surface area (Å²) in [4.78, 5) is 17.7. The predicted molar refractivity (Wildman–Crippen MR) is 488 cm³/mol. The Bertz CT molecular complexity index is 6350. The normalized spacial score (nSPS) is 12.7. The lowest BCUT2D eigenvalue weighted by Gasteiger charge is -2.34. The van der Waals surface area contributed by atoms with E-state index in [1.54, 1.807) is 0 Å². The van der Waals surface area contributed by atoms with E-state index >= 15 is 0 Å². The highest BCUT2D eigenvalue weighted by atomic mass is 15.1. The largest absolute Gasteiger partial charge is 0.310 e. The topological polar surface area (TPSA) is 48.5 Å². The molecule has 6 heteroatoms. The van der Waals surface area contributed by atoms with Gasteiger partial charge in [-0.25, -0.2) is 15.0 Å². The van der Waals surface area contributed by atoms with E-state index in [0.717, 1.165) is 83.6 Å². The van der Waals surface area contributed by atoms with Crippen molar-refractivity contribution in [3.8, 4) is 135 Å². The number of fused-ring (bicyclic) bond motifs is 10.